The van der Waals surface area contributed by atoms with Crippen LogP contribution in [0.25, 0.3) is 0 Å². The van der Waals surface area contributed by atoms with E-state index in [1.54, 1.807) is 32.0 Å². The summed E-state index contributed by atoms with van der Waals surface area (Å²) in [6.07, 6.45) is 0. The number of aryl methyl sites for hydroxylation is 2. The smallest absolute Gasteiger partial charge is 0.261 e. The minimum Gasteiger partial charge on any atom is -0.324 e. The van der Waals surface area contributed by atoms with Crippen LogP contribution < -0.4 is 10.6 Å². The van der Waals surface area contributed by atoms with Gasteiger partial charge in [0.2, 0.25) is 5.95 Å². The van der Waals surface area contributed by atoms with E-state index in [9.17, 15) is 14.4 Å². The zero-order valence-corrected chi connectivity index (χ0v) is 18.3. The topological polar surface area (TPSA) is 104 Å². The molecular formula is C24H23N5O3. The van der Waals surface area contributed by atoms with Crippen LogP contribution >= 0.6 is 0 Å². The van der Waals surface area contributed by atoms with Crippen LogP contribution in [-0.4, -0.2) is 38.6 Å². The lowest BCUT2D eigenvalue weighted by molar-refractivity contribution is 0.0609. The van der Waals surface area contributed by atoms with Crippen LogP contribution in [0.5, 0.6) is 0 Å². The van der Waals surface area contributed by atoms with E-state index >= 15 is 0 Å². The van der Waals surface area contributed by atoms with Gasteiger partial charge in [-0.15, -0.1) is 0 Å². The molecule has 32 heavy (non-hydrogen) atoms. The number of nitrogens with zero attached hydrogens (tertiary/aromatic N) is 3. The second kappa shape index (κ2) is 8.22. The predicted molar refractivity (Wildman–Crippen MR) is 121 cm³/mol. The highest BCUT2D eigenvalue weighted by Gasteiger charge is 2.37. The molecule has 1 aromatic heterocycles. The Kier molecular flexibility index (Phi) is 5.44. The van der Waals surface area contributed by atoms with Crippen molar-refractivity contribution >= 4 is 35.0 Å². The molecule has 162 valence electrons. The Hall–Kier alpha value is -4.07. The average Bonchev–Trinajstić information content (AvgIpc) is 2.98. The highest BCUT2D eigenvalue weighted by atomic mass is 16.2. The zero-order valence-electron chi connectivity index (χ0n) is 18.3. The van der Waals surface area contributed by atoms with Crippen molar-refractivity contribution in [2.75, 3.05) is 10.6 Å². The molecule has 3 aromatic rings. The van der Waals surface area contributed by atoms with Crippen LogP contribution in [0.1, 0.15) is 56.3 Å². The number of benzene rings is 2. The molecule has 0 radical (unpaired) electrons. The molecule has 3 amide bonds. The lowest BCUT2D eigenvalue weighted by Crippen LogP contribution is -2.35. The number of fused-ring (bicyclic) bond motifs is 1. The molecule has 4 rings (SSSR count). The van der Waals surface area contributed by atoms with Crippen molar-refractivity contribution < 1.29 is 14.4 Å². The number of imide groups is 1. The van der Waals surface area contributed by atoms with Gasteiger partial charge in [-0.3, -0.25) is 19.3 Å². The average molecular weight is 429 g/mol. The lowest BCUT2D eigenvalue weighted by Gasteiger charge is -2.17. The van der Waals surface area contributed by atoms with E-state index in [1.165, 1.54) is 17.0 Å². The van der Waals surface area contributed by atoms with Crippen molar-refractivity contribution in [1.29, 1.82) is 0 Å². The van der Waals surface area contributed by atoms with Gasteiger partial charge in [0, 0.05) is 34.4 Å². The number of carbonyl (C=O) groups excluding carboxylic acids is 3. The summed E-state index contributed by atoms with van der Waals surface area (Å²) in [6.45, 7) is 7.36. The van der Waals surface area contributed by atoms with Gasteiger partial charge >= 0.3 is 0 Å². The van der Waals surface area contributed by atoms with Crippen molar-refractivity contribution in [3.63, 3.8) is 0 Å². The van der Waals surface area contributed by atoms with E-state index in [0.717, 1.165) is 17.1 Å². The number of hydrogen-bond acceptors (Lipinski definition) is 6. The third-order valence-electron chi connectivity index (χ3n) is 5.08. The maximum Gasteiger partial charge on any atom is 0.261 e. The lowest BCUT2D eigenvalue weighted by atomic mass is 10.1. The third kappa shape index (κ3) is 4.07. The van der Waals surface area contributed by atoms with Crippen LogP contribution in [0.4, 0.5) is 17.3 Å². The molecule has 0 unspecified atom stereocenters. The molecule has 0 saturated heterocycles. The largest absolute Gasteiger partial charge is 0.324 e. The number of aromatic nitrogens is 2. The number of nitrogens with one attached hydrogen (secondary N) is 2. The number of amides is 3. The van der Waals surface area contributed by atoms with Gasteiger partial charge in [-0.2, -0.15) is 0 Å². The fourth-order valence-corrected chi connectivity index (χ4v) is 3.62. The Bertz CT molecular complexity index is 1210. The summed E-state index contributed by atoms with van der Waals surface area (Å²) in [6, 6.07) is 13.3. The van der Waals surface area contributed by atoms with Crippen molar-refractivity contribution in [1.82, 2.24) is 14.9 Å². The van der Waals surface area contributed by atoms with Gasteiger partial charge in [0.15, 0.2) is 0 Å². The molecule has 0 fully saturated rings. The van der Waals surface area contributed by atoms with Crippen LogP contribution in [0.3, 0.4) is 0 Å². The maximum atomic E-state index is 12.7. The van der Waals surface area contributed by atoms with Crippen molar-refractivity contribution in [3.05, 3.63) is 76.6 Å². The molecular weight excluding hydrogens is 406 g/mol. The van der Waals surface area contributed by atoms with Gasteiger partial charge in [-0.1, -0.05) is 0 Å². The van der Waals surface area contributed by atoms with Gasteiger partial charge < -0.3 is 10.6 Å². The molecule has 8 heteroatoms. The second-order valence-corrected chi connectivity index (χ2v) is 7.97. The van der Waals surface area contributed by atoms with Crippen LogP contribution in [0, 0.1) is 13.8 Å². The maximum absolute atomic E-state index is 12.7. The van der Waals surface area contributed by atoms with E-state index in [4.69, 9.17) is 0 Å². The molecule has 0 spiro atoms. The normalized spacial score (nSPS) is 12.8. The summed E-state index contributed by atoms with van der Waals surface area (Å²) >= 11 is 0. The molecule has 1 aliphatic heterocycles. The molecule has 0 atom stereocenters. The summed E-state index contributed by atoms with van der Waals surface area (Å²) in [5.74, 6) is -0.567. The molecule has 8 nitrogen and oxygen atoms in total. The summed E-state index contributed by atoms with van der Waals surface area (Å²) in [5.41, 5.74) is 4.00. The predicted octanol–water partition coefficient (Wildman–Crippen LogP) is 4.09. The molecule has 1 aliphatic rings. The molecule has 0 aliphatic carbocycles. The van der Waals surface area contributed by atoms with Gasteiger partial charge in [-0.05, 0) is 76.2 Å². The van der Waals surface area contributed by atoms with E-state index in [-0.39, 0.29) is 29.3 Å². The van der Waals surface area contributed by atoms with Crippen molar-refractivity contribution in [2.45, 2.75) is 33.7 Å². The first-order valence-corrected chi connectivity index (χ1v) is 10.3. The SMILES string of the molecule is Cc1cc(C)nc(Nc2ccc(NC(=O)c3ccc4c(c3)C(=O)N(C(C)C)C4=O)cc2)n1. The Morgan fingerprint density at radius 2 is 1.44 bits per heavy atom. The summed E-state index contributed by atoms with van der Waals surface area (Å²) < 4.78 is 0. The highest BCUT2D eigenvalue weighted by Crippen LogP contribution is 2.26. The Morgan fingerprint density at radius 3 is 2.06 bits per heavy atom. The fourth-order valence-electron chi connectivity index (χ4n) is 3.62. The molecule has 2 N–H and O–H groups in total. The van der Waals surface area contributed by atoms with Crippen molar-refractivity contribution in [2.24, 2.45) is 0 Å². The number of hydrogen-bond donors (Lipinski definition) is 2. The Labute approximate surface area is 185 Å². The second-order valence-electron chi connectivity index (χ2n) is 7.97. The molecule has 0 bridgehead atoms. The Balaban J connectivity index is 1.47. The fraction of sp³-hybridized carbons (Fsp3) is 0.208. The first-order chi connectivity index (χ1) is 15.2. The summed E-state index contributed by atoms with van der Waals surface area (Å²) in [5, 5.41) is 5.95. The number of carbonyl (C=O) groups is 3. The molecule has 0 saturated carbocycles. The summed E-state index contributed by atoms with van der Waals surface area (Å²) in [7, 11) is 0. The number of rotatable bonds is 5. The Morgan fingerprint density at radius 1 is 0.844 bits per heavy atom. The molecule has 2 aromatic carbocycles. The number of anilines is 3. The standard InChI is InChI=1S/C24H23N5O3/c1-13(2)29-22(31)19-10-5-16(12-20(19)23(29)32)21(30)27-17-6-8-18(9-7-17)28-24-25-14(3)11-15(4)26-24/h5-13H,1-4H3,(H,27,30)(H,25,26,28). The van der Waals surface area contributed by atoms with Crippen LogP contribution in [0.2, 0.25) is 0 Å². The third-order valence-corrected chi connectivity index (χ3v) is 5.08. The first-order valence-electron chi connectivity index (χ1n) is 10.3. The quantitative estimate of drug-likeness (QED) is 0.592. The van der Waals surface area contributed by atoms with E-state index in [0.29, 0.717) is 22.8 Å². The van der Waals surface area contributed by atoms with Crippen LogP contribution in [0.15, 0.2) is 48.5 Å². The van der Waals surface area contributed by atoms with Gasteiger partial charge in [0.25, 0.3) is 17.7 Å². The minimum absolute atomic E-state index is 0.249. The van der Waals surface area contributed by atoms with Crippen molar-refractivity contribution in [3.8, 4) is 0 Å². The van der Waals surface area contributed by atoms with E-state index in [1.807, 2.05) is 32.0 Å². The highest BCUT2D eigenvalue weighted by molar-refractivity contribution is 6.22. The van der Waals surface area contributed by atoms with E-state index in [2.05, 4.69) is 20.6 Å². The van der Waals surface area contributed by atoms with Gasteiger partial charge in [-0.25, -0.2) is 9.97 Å². The molecule has 2 heterocycles. The first kappa shape index (κ1) is 21.2. The van der Waals surface area contributed by atoms with Gasteiger partial charge in [0.05, 0.1) is 11.1 Å². The van der Waals surface area contributed by atoms with Crippen LogP contribution in [-0.2, 0) is 0 Å². The van der Waals surface area contributed by atoms with E-state index < -0.39 is 0 Å². The zero-order chi connectivity index (χ0) is 23.0. The monoisotopic (exact) mass is 429 g/mol. The van der Waals surface area contributed by atoms with Gasteiger partial charge in [0.1, 0.15) is 0 Å². The minimum atomic E-state index is -0.376. The summed E-state index contributed by atoms with van der Waals surface area (Å²) in [4.78, 5) is 47.6.